The molecule has 3 nitrogen and oxygen atoms in total. The Morgan fingerprint density at radius 2 is 2.32 bits per heavy atom. The molecule has 3 rings (SSSR count). The van der Waals surface area contributed by atoms with Crippen molar-refractivity contribution in [3.63, 3.8) is 0 Å². The third-order valence-electron chi connectivity index (χ3n) is 3.90. The van der Waals surface area contributed by atoms with Gasteiger partial charge in [-0.25, -0.2) is 0 Å². The van der Waals surface area contributed by atoms with Crippen LogP contribution >= 0.6 is 27.5 Å². The standard InChI is InChI=1S/C14H17BrClN3/c1-19-5-4-17-8-10(19)7-12-11-6-9(16)2-3-13(11)18-14(12)15/h2-3,6,10,17-18H,4-5,7-8H2,1H3. The lowest BCUT2D eigenvalue weighted by Crippen LogP contribution is -2.50. The molecule has 2 N–H and O–H groups in total. The van der Waals surface area contributed by atoms with Crippen LogP contribution in [0.3, 0.4) is 0 Å². The number of hydrogen-bond donors (Lipinski definition) is 2. The van der Waals surface area contributed by atoms with E-state index in [4.69, 9.17) is 11.6 Å². The molecule has 1 saturated heterocycles. The van der Waals surface area contributed by atoms with Crippen LogP contribution in [-0.2, 0) is 6.42 Å². The highest BCUT2D eigenvalue weighted by atomic mass is 79.9. The summed E-state index contributed by atoms with van der Waals surface area (Å²) in [7, 11) is 2.20. The quantitative estimate of drug-likeness (QED) is 0.879. The zero-order chi connectivity index (χ0) is 13.4. The first kappa shape index (κ1) is 13.4. The number of fused-ring (bicyclic) bond motifs is 1. The molecule has 1 fully saturated rings. The molecule has 1 aromatic heterocycles. The molecule has 1 atom stereocenters. The zero-order valence-corrected chi connectivity index (χ0v) is 13.2. The van der Waals surface area contributed by atoms with Gasteiger partial charge in [0.1, 0.15) is 0 Å². The second-order valence-electron chi connectivity index (χ2n) is 5.15. The van der Waals surface area contributed by atoms with Gasteiger partial charge in [-0.15, -0.1) is 0 Å². The number of likely N-dealkylation sites (N-methyl/N-ethyl adjacent to an activating group) is 1. The number of halogens is 2. The topological polar surface area (TPSA) is 31.1 Å². The van der Waals surface area contributed by atoms with Crippen LogP contribution in [0.1, 0.15) is 5.56 Å². The van der Waals surface area contributed by atoms with Crippen molar-refractivity contribution in [2.24, 2.45) is 0 Å². The van der Waals surface area contributed by atoms with E-state index in [0.717, 1.165) is 41.2 Å². The van der Waals surface area contributed by atoms with Crippen LogP contribution in [0.2, 0.25) is 5.02 Å². The Hall–Kier alpha value is -0.550. The van der Waals surface area contributed by atoms with E-state index in [-0.39, 0.29) is 0 Å². The molecule has 0 radical (unpaired) electrons. The molecule has 19 heavy (non-hydrogen) atoms. The first-order chi connectivity index (χ1) is 9.15. The summed E-state index contributed by atoms with van der Waals surface area (Å²) in [5.74, 6) is 0. The van der Waals surface area contributed by atoms with E-state index in [1.807, 2.05) is 18.2 Å². The van der Waals surface area contributed by atoms with Gasteiger partial charge in [-0.2, -0.15) is 0 Å². The number of rotatable bonds is 2. The van der Waals surface area contributed by atoms with E-state index in [0.29, 0.717) is 6.04 Å². The Bertz CT molecular complexity index is 596. The maximum Gasteiger partial charge on any atom is 0.0864 e. The molecular formula is C14H17BrClN3. The molecule has 2 heterocycles. The highest BCUT2D eigenvalue weighted by Crippen LogP contribution is 2.30. The molecule has 1 aliphatic rings. The summed E-state index contributed by atoms with van der Waals surface area (Å²) < 4.78 is 1.07. The van der Waals surface area contributed by atoms with Gasteiger partial charge in [-0.1, -0.05) is 11.6 Å². The molecule has 0 amide bonds. The van der Waals surface area contributed by atoms with Gasteiger partial charge in [0.05, 0.1) is 4.60 Å². The Balaban J connectivity index is 1.95. The monoisotopic (exact) mass is 341 g/mol. The van der Waals surface area contributed by atoms with E-state index in [9.17, 15) is 0 Å². The third kappa shape index (κ3) is 2.68. The van der Waals surface area contributed by atoms with Crippen molar-refractivity contribution in [2.45, 2.75) is 12.5 Å². The minimum absolute atomic E-state index is 0.531. The zero-order valence-electron chi connectivity index (χ0n) is 10.8. The van der Waals surface area contributed by atoms with Crippen LogP contribution < -0.4 is 5.32 Å². The highest BCUT2D eigenvalue weighted by molar-refractivity contribution is 9.10. The van der Waals surface area contributed by atoms with Crippen LogP contribution in [0, 0.1) is 0 Å². The second-order valence-corrected chi connectivity index (χ2v) is 6.38. The Labute approximate surface area is 126 Å². The maximum atomic E-state index is 6.12. The average molecular weight is 343 g/mol. The second kappa shape index (κ2) is 5.44. The van der Waals surface area contributed by atoms with Crippen molar-refractivity contribution >= 4 is 38.4 Å². The Morgan fingerprint density at radius 1 is 1.47 bits per heavy atom. The van der Waals surface area contributed by atoms with Crippen molar-refractivity contribution in [2.75, 3.05) is 26.7 Å². The predicted molar refractivity (Wildman–Crippen MR) is 84.0 cm³/mol. The van der Waals surface area contributed by atoms with Crippen LogP contribution in [-0.4, -0.2) is 42.6 Å². The van der Waals surface area contributed by atoms with Crippen molar-refractivity contribution in [1.29, 1.82) is 0 Å². The van der Waals surface area contributed by atoms with Crippen molar-refractivity contribution in [1.82, 2.24) is 15.2 Å². The summed E-state index contributed by atoms with van der Waals surface area (Å²) in [5, 5.41) is 5.47. The lowest BCUT2D eigenvalue weighted by molar-refractivity contribution is 0.199. The van der Waals surface area contributed by atoms with E-state index < -0.39 is 0 Å². The normalized spacial score (nSPS) is 21.1. The van der Waals surface area contributed by atoms with Crippen LogP contribution in [0.4, 0.5) is 0 Å². The minimum Gasteiger partial charge on any atom is -0.349 e. The molecule has 2 aromatic rings. The SMILES string of the molecule is CN1CCNCC1Cc1c(Br)[nH]c2ccc(Cl)cc12. The molecule has 1 aliphatic heterocycles. The number of hydrogen-bond acceptors (Lipinski definition) is 2. The van der Waals surface area contributed by atoms with E-state index in [1.165, 1.54) is 10.9 Å². The minimum atomic E-state index is 0.531. The molecule has 1 unspecified atom stereocenters. The average Bonchev–Trinajstić information content (AvgIpc) is 2.69. The smallest absolute Gasteiger partial charge is 0.0864 e. The number of nitrogens with zero attached hydrogens (tertiary/aromatic N) is 1. The molecular weight excluding hydrogens is 326 g/mol. The molecule has 1 aromatic carbocycles. The largest absolute Gasteiger partial charge is 0.349 e. The Kier molecular flexibility index (Phi) is 3.85. The molecule has 0 saturated carbocycles. The molecule has 0 spiro atoms. The predicted octanol–water partition coefficient (Wildman–Crippen LogP) is 3.03. The number of nitrogens with one attached hydrogen (secondary N) is 2. The van der Waals surface area contributed by atoms with Crippen LogP contribution in [0.25, 0.3) is 10.9 Å². The highest BCUT2D eigenvalue weighted by Gasteiger charge is 2.21. The summed E-state index contributed by atoms with van der Waals surface area (Å²) in [6.07, 6.45) is 1.02. The van der Waals surface area contributed by atoms with Crippen LogP contribution in [0.5, 0.6) is 0 Å². The molecule has 102 valence electrons. The summed E-state index contributed by atoms with van der Waals surface area (Å²) >= 11 is 9.76. The number of aromatic nitrogens is 1. The van der Waals surface area contributed by atoms with E-state index in [2.05, 4.69) is 38.2 Å². The number of benzene rings is 1. The van der Waals surface area contributed by atoms with Crippen molar-refractivity contribution in [3.8, 4) is 0 Å². The van der Waals surface area contributed by atoms with E-state index >= 15 is 0 Å². The van der Waals surface area contributed by atoms with Gasteiger partial charge in [0.25, 0.3) is 0 Å². The third-order valence-corrected chi connectivity index (χ3v) is 4.81. The summed E-state index contributed by atoms with van der Waals surface area (Å²) in [4.78, 5) is 5.80. The number of piperazine rings is 1. The lowest BCUT2D eigenvalue weighted by Gasteiger charge is -2.33. The summed E-state index contributed by atoms with van der Waals surface area (Å²) in [5.41, 5.74) is 2.45. The number of aromatic amines is 1. The van der Waals surface area contributed by atoms with Gasteiger partial charge in [0.15, 0.2) is 0 Å². The molecule has 0 aliphatic carbocycles. The van der Waals surface area contributed by atoms with Crippen molar-refractivity contribution < 1.29 is 0 Å². The number of H-pyrrole nitrogens is 1. The van der Waals surface area contributed by atoms with Gasteiger partial charge in [0, 0.05) is 41.6 Å². The first-order valence-electron chi connectivity index (χ1n) is 6.51. The van der Waals surface area contributed by atoms with Gasteiger partial charge >= 0.3 is 0 Å². The fourth-order valence-corrected chi connectivity index (χ4v) is 3.47. The maximum absolute atomic E-state index is 6.12. The summed E-state index contributed by atoms with van der Waals surface area (Å²) in [6, 6.07) is 6.53. The molecule has 5 heteroatoms. The first-order valence-corrected chi connectivity index (χ1v) is 7.69. The van der Waals surface area contributed by atoms with Crippen molar-refractivity contribution in [3.05, 3.63) is 33.4 Å². The van der Waals surface area contributed by atoms with Gasteiger partial charge in [-0.3, -0.25) is 0 Å². The van der Waals surface area contributed by atoms with Crippen LogP contribution in [0.15, 0.2) is 22.8 Å². The van der Waals surface area contributed by atoms with E-state index in [1.54, 1.807) is 0 Å². The summed E-state index contributed by atoms with van der Waals surface area (Å²) in [6.45, 7) is 3.22. The van der Waals surface area contributed by atoms with Gasteiger partial charge in [0.2, 0.25) is 0 Å². The fraction of sp³-hybridized carbons (Fsp3) is 0.429. The Morgan fingerprint density at radius 3 is 3.11 bits per heavy atom. The molecule has 0 bridgehead atoms. The fourth-order valence-electron chi connectivity index (χ4n) is 2.71. The van der Waals surface area contributed by atoms with Gasteiger partial charge < -0.3 is 15.2 Å². The lowest BCUT2D eigenvalue weighted by atomic mass is 10.0. The van der Waals surface area contributed by atoms with Gasteiger partial charge in [-0.05, 0) is 53.2 Å².